The molecule has 1 fully saturated rings. The number of hydrogen-bond acceptors (Lipinski definition) is 2. The van der Waals surface area contributed by atoms with E-state index >= 15 is 0 Å². The second-order valence-corrected chi connectivity index (χ2v) is 6.61. The van der Waals surface area contributed by atoms with E-state index in [1.54, 1.807) is 0 Å². The molecule has 0 radical (unpaired) electrons. The molecule has 4 heteroatoms. The summed E-state index contributed by atoms with van der Waals surface area (Å²) in [4.78, 5) is 26.2. The van der Waals surface area contributed by atoms with E-state index in [2.05, 4.69) is 12.2 Å². The van der Waals surface area contributed by atoms with Gasteiger partial charge in [0.25, 0.3) is 5.91 Å². The van der Waals surface area contributed by atoms with Crippen LogP contribution >= 0.6 is 0 Å². The standard InChI is InChI=1S/C19H28N2O2/c1-4-6-18(22)20-12-16-7-5-10-21(13-16)19(23)17-9-8-14(2)15(3)11-17/h8-9,11,16H,4-7,10,12-13H2,1-3H3,(H,20,22)/t16-/m1/s1. The number of nitrogens with one attached hydrogen (secondary N) is 1. The first kappa shape index (κ1) is 17.5. The number of carbonyl (C=O) groups excluding carboxylic acids is 2. The Morgan fingerprint density at radius 1 is 1.26 bits per heavy atom. The van der Waals surface area contributed by atoms with Crippen LogP contribution in [0.25, 0.3) is 0 Å². The lowest BCUT2D eigenvalue weighted by Gasteiger charge is -2.33. The first-order valence-electron chi connectivity index (χ1n) is 8.64. The van der Waals surface area contributed by atoms with Crippen molar-refractivity contribution in [3.63, 3.8) is 0 Å². The Morgan fingerprint density at radius 2 is 2.04 bits per heavy atom. The molecule has 1 atom stereocenters. The molecule has 126 valence electrons. The minimum absolute atomic E-state index is 0.109. The van der Waals surface area contributed by atoms with Gasteiger partial charge in [-0.05, 0) is 62.3 Å². The van der Waals surface area contributed by atoms with Gasteiger partial charge in [0.2, 0.25) is 5.91 Å². The Hall–Kier alpha value is -1.84. The van der Waals surface area contributed by atoms with Crippen LogP contribution in [0.5, 0.6) is 0 Å². The second kappa shape index (κ2) is 8.14. The number of piperidine rings is 1. The summed E-state index contributed by atoms with van der Waals surface area (Å²) in [6, 6.07) is 5.90. The minimum atomic E-state index is 0.109. The van der Waals surface area contributed by atoms with Gasteiger partial charge in [0.15, 0.2) is 0 Å². The van der Waals surface area contributed by atoms with Gasteiger partial charge in [0.05, 0.1) is 0 Å². The molecule has 0 spiro atoms. The van der Waals surface area contributed by atoms with E-state index in [0.717, 1.165) is 43.5 Å². The summed E-state index contributed by atoms with van der Waals surface area (Å²) in [5, 5.41) is 2.99. The third-order valence-electron chi connectivity index (χ3n) is 4.63. The lowest BCUT2D eigenvalue weighted by Crippen LogP contribution is -2.43. The largest absolute Gasteiger partial charge is 0.356 e. The fourth-order valence-corrected chi connectivity index (χ4v) is 3.05. The molecule has 0 saturated carbocycles. The highest BCUT2D eigenvalue weighted by molar-refractivity contribution is 5.94. The molecule has 1 aliphatic heterocycles. The van der Waals surface area contributed by atoms with Gasteiger partial charge >= 0.3 is 0 Å². The smallest absolute Gasteiger partial charge is 0.253 e. The molecule has 2 rings (SSSR count). The van der Waals surface area contributed by atoms with Crippen LogP contribution in [0.4, 0.5) is 0 Å². The molecule has 23 heavy (non-hydrogen) atoms. The van der Waals surface area contributed by atoms with Gasteiger partial charge in [-0.3, -0.25) is 9.59 Å². The zero-order valence-electron chi connectivity index (χ0n) is 14.5. The van der Waals surface area contributed by atoms with Gasteiger partial charge in [-0.15, -0.1) is 0 Å². The molecule has 0 aliphatic carbocycles. The number of hydrogen-bond donors (Lipinski definition) is 1. The van der Waals surface area contributed by atoms with E-state index in [0.29, 0.717) is 18.9 Å². The Morgan fingerprint density at radius 3 is 2.74 bits per heavy atom. The number of aryl methyl sites for hydroxylation is 2. The van der Waals surface area contributed by atoms with Crippen molar-refractivity contribution in [3.05, 3.63) is 34.9 Å². The predicted molar refractivity (Wildman–Crippen MR) is 92.5 cm³/mol. The van der Waals surface area contributed by atoms with Crippen LogP contribution in [0.3, 0.4) is 0 Å². The topological polar surface area (TPSA) is 49.4 Å². The van der Waals surface area contributed by atoms with Gasteiger partial charge in [-0.1, -0.05) is 13.0 Å². The quantitative estimate of drug-likeness (QED) is 0.907. The van der Waals surface area contributed by atoms with E-state index in [9.17, 15) is 9.59 Å². The predicted octanol–water partition coefficient (Wildman–Crippen LogP) is 3.07. The summed E-state index contributed by atoms with van der Waals surface area (Å²) in [5.41, 5.74) is 3.12. The third kappa shape index (κ3) is 4.81. The minimum Gasteiger partial charge on any atom is -0.356 e. The number of amides is 2. The van der Waals surface area contributed by atoms with Gasteiger partial charge in [-0.2, -0.15) is 0 Å². The zero-order chi connectivity index (χ0) is 16.8. The number of benzene rings is 1. The zero-order valence-corrected chi connectivity index (χ0v) is 14.5. The Bertz CT molecular complexity index is 568. The SMILES string of the molecule is CCCC(=O)NC[C@H]1CCCN(C(=O)c2ccc(C)c(C)c2)C1. The van der Waals surface area contributed by atoms with Crippen LogP contribution in [0.2, 0.25) is 0 Å². The molecule has 2 amide bonds. The fourth-order valence-electron chi connectivity index (χ4n) is 3.05. The molecule has 4 nitrogen and oxygen atoms in total. The molecular weight excluding hydrogens is 288 g/mol. The molecule has 1 aliphatic rings. The van der Waals surface area contributed by atoms with Crippen LogP contribution < -0.4 is 5.32 Å². The van der Waals surface area contributed by atoms with Crippen molar-refractivity contribution in [1.82, 2.24) is 10.2 Å². The highest BCUT2D eigenvalue weighted by atomic mass is 16.2. The number of nitrogens with zero attached hydrogens (tertiary/aromatic N) is 1. The van der Waals surface area contributed by atoms with E-state index in [1.807, 2.05) is 36.9 Å². The lowest BCUT2D eigenvalue weighted by atomic mass is 9.96. The average molecular weight is 316 g/mol. The van der Waals surface area contributed by atoms with E-state index < -0.39 is 0 Å². The summed E-state index contributed by atoms with van der Waals surface area (Å²) in [5.74, 6) is 0.586. The maximum atomic E-state index is 12.7. The van der Waals surface area contributed by atoms with Crippen molar-refractivity contribution in [2.75, 3.05) is 19.6 Å². The maximum absolute atomic E-state index is 12.7. The highest BCUT2D eigenvalue weighted by Gasteiger charge is 2.24. The van der Waals surface area contributed by atoms with Crippen LogP contribution in [0.1, 0.15) is 54.1 Å². The average Bonchev–Trinajstić information content (AvgIpc) is 2.55. The summed E-state index contributed by atoms with van der Waals surface area (Å²) < 4.78 is 0. The van der Waals surface area contributed by atoms with Gasteiger partial charge in [-0.25, -0.2) is 0 Å². The molecule has 1 saturated heterocycles. The molecule has 0 unspecified atom stereocenters. The van der Waals surface area contributed by atoms with Crippen LogP contribution in [-0.4, -0.2) is 36.3 Å². The first-order valence-corrected chi connectivity index (χ1v) is 8.64. The molecule has 1 aromatic rings. The number of carbonyl (C=O) groups is 2. The maximum Gasteiger partial charge on any atom is 0.253 e. The third-order valence-corrected chi connectivity index (χ3v) is 4.63. The van der Waals surface area contributed by atoms with Crippen molar-refractivity contribution in [2.24, 2.45) is 5.92 Å². The Labute approximate surface area is 139 Å². The highest BCUT2D eigenvalue weighted by Crippen LogP contribution is 2.19. The van der Waals surface area contributed by atoms with Crippen molar-refractivity contribution in [1.29, 1.82) is 0 Å². The summed E-state index contributed by atoms with van der Waals surface area (Å²) in [6.45, 7) is 8.32. The summed E-state index contributed by atoms with van der Waals surface area (Å²) >= 11 is 0. The lowest BCUT2D eigenvalue weighted by molar-refractivity contribution is -0.121. The molecule has 1 aromatic carbocycles. The molecule has 1 N–H and O–H groups in total. The number of likely N-dealkylation sites (tertiary alicyclic amines) is 1. The van der Waals surface area contributed by atoms with E-state index in [4.69, 9.17) is 0 Å². The van der Waals surface area contributed by atoms with E-state index in [-0.39, 0.29) is 11.8 Å². The number of rotatable bonds is 5. The van der Waals surface area contributed by atoms with E-state index in [1.165, 1.54) is 5.56 Å². The summed E-state index contributed by atoms with van der Waals surface area (Å²) in [6.07, 6.45) is 3.53. The molecule has 1 heterocycles. The van der Waals surface area contributed by atoms with Crippen molar-refractivity contribution >= 4 is 11.8 Å². The van der Waals surface area contributed by atoms with Crippen LogP contribution in [-0.2, 0) is 4.79 Å². The molecule has 0 aromatic heterocycles. The second-order valence-electron chi connectivity index (χ2n) is 6.61. The fraction of sp³-hybridized carbons (Fsp3) is 0.579. The molecular formula is C19H28N2O2. The van der Waals surface area contributed by atoms with Gasteiger partial charge < -0.3 is 10.2 Å². The van der Waals surface area contributed by atoms with Gasteiger partial charge in [0, 0.05) is 31.6 Å². The normalized spacial score (nSPS) is 17.9. The Kier molecular flexibility index (Phi) is 6.20. The Balaban J connectivity index is 1.93. The van der Waals surface area contributed by atoms with Crippen molar-refractivity contribution in [2.45, 2.75) is 46.5 Å². The van der Waals surface area contributed by atoms with Crippen molar-refractivity contribution < 1.29 is 9.59 Å². The van der Waals surface area contributed by atoms with Gasteiger partial charge in [0.1, 0.15) is 0 Å². The first-order chi connectivity index (χ1) is 11.0. The summed E-state index contributed by atoms with van der Waals surface area (Å²) in [7, 11) is 0. The van der Waals surface area contributed by atoms with Crippen LogP contribution in [0.15, 0.2) is 18.2 Å². The van der Waals surface area contributed by atoms with Crippen molar-refractivity contribution in [3.8, 4) is 0 Å². The molecule has 0 bridgehead atoms. The van der Waals surface area contributed by atoms with Crippen LogP contribution in [0, 0.1) is 19.8 Å². The monoisotopic (exact) mass is 316 g/mol.